The highest BCUT2D eigenvalue weighted by Gasteiger charge is 2.24. The highest BCUT2D eigenvalue weighted by atomic mass is 16.5. The fourth-order valence-electron chi connectivity index (χ4n) is 1.27. The summed E-state index contributed by atoms with van der Waals surface area (Å²) in [4.78, 5) is 0. The maximum absolute atomic E-state index is 5.47. The molecule has 0 radical (unpaired) electrons. The molecule has 0 aliphatic carbocycles. The van der Waals surface area contributed by atoms with Crippen LogP contribution in [0.4, 0.5) is 0 Å². The number of ether oxygens (including phenoxy) is 1. The monoisotopic (exact) mass is 114 g/mol. The molecule has 0 aromatic carbocycles. The Morgan fingerprint density at radius 2 is 1.88 bits per heavy atom. The highest BCUT2D eigenvalue weighted by molar-refractivity contribution is 4.72. The Balaban J connectivity index is 2.39. The van der Waals surface area contributed by atoms with Crippen LogP contribution in [-0.2, 0) is 4.74 Å². The van der Waals surface area contributed by atoms with Crippen LogP contribution in [0.3, 0.4) is 0 Å². The summed E-state index contributed by atoms with van der Waals surface area (Å²) in [6.07, 6.45) is 2.23. The molecule has 1 nitrogen and oxygen atoms in total. The minimum absolute atomic E-state index is 0.491. The van der Waals surface area contributed by atoms with Crippen molar-refractivity contribution in [2.75, 3.05) is 0 Å². The summed E-state index contributed by atoms with van der Waals surface area (Å²) in [5, 5.41) is 0. The molecule has 0 saturated carbocycles. The van der Waals surface area contributed by atoms with Gasteiger partial charge in [0.1, 0.15) is 0 Å². The molecule has 1 rings (SSSR count). The van der Waals surface area contributed by atoms with Gasteiger partial charge in [-0.05, 0) is 26.2 Å². The van der Waals surface area contributed by atoms with Crippen LogP contribution in [0.5, 0.6) is 0 Å². The minimum Gasteiger partial charge on any atom is -0.375 e. The lowest BCUT2D eigenvalue weighted by Gasteiger charge is -2.05. The van der Waals surface area contributed by atoms with Gasteiger partial charge in [0.05, 0.1) is 12.2 Å². The fraction of sp³-hybridized carbons (Fsp3) is 1.00. The van der Waals surface area contributed by atoms with Crippen molar-refractivity contribution < 1.29 is 4.74 Å². The quantitative estimate of drug-likeness (QED) is 0.466. The van der Waals surface area contributed by atoms with Crippen LogP contribution in [0.15, 0.2) is 0 Å². The zero-order chi connectivity index (χ0) is 6.15. The van der Waals surface area contributed by atoms with Crippen molar-refractivity contribution in [1.82, 2.24) is 0 Å². The summed E-state index contributed by atoms with van der Waals surface area (Å²) in [7, 11) is 0. The zero-order valence-corrected chi connectivity index (χ0v) is 5.85. The van der Waals surface area contributed by atoms with E-state index in [0.717, 1.165) is 5.92 Å². The van der Waals surface area contributed by atoms with Gasteiger partial charge in [-0.25, -0.2) is 0 Å². The first kappa shape index (κ1) is 6.09. The summed E-state index contributed by atoms with van der Waals surface area (Å²) >= 11 is 0. The van der Waals surface area contributed by atoms with Gasteiger partial charge >= 0.3 is 0 Å². The van der Waals surface area contributed by atoms with E-state index in [1.165, 1.54) is 6.42 Å². The Morgan fingerprint density at radius 3 is 2.00 bits per heavy atom. The minimum atomic E-state index is 0.491. The number of hydrogen-bond donors (Lipinski definition) is 0. The molecule has 1 aliphatic rings. The molecule has 0 bridgehead atoms. The van der Waals surface area contributed by atoms with E-state index in [0.29, 0.717) is 12.2 Å². The predicted molar refractivity (Wildman–Crippen MR) is 33.8 cm³/mol. The molecule has 1 heteroatoms. The van der Waals surface area contributed by atoms with Gasteiger partial charge in [-0.3, -0.25) is 0 Å². The molecule has 2 unspecified atom stereocenters. The van der Waals surface area contributed by atoms with E-state index in [-0.39, 0.29) is 0 Å². The second-order valence-corrected chi connectivity index (χ2v) is 2.86. The van der Waals surface area contributed by atoms with Crippen molar-refractivity contribution in [3.05, 3.63) is 0 Å². The van der Waals surface area contributed by atoms with Gasteiger partial charge in [-0.15, -0.1) is 0 Å². The maximum Gasteiger partial charge on any atom is 0.0577 e. The molecule has 0 N–H and O–H groups in total. The Bertz CT molecular complexity index is 70.5. The van der Waals surface area contributed by atoms with Gasteiger partial charge < -0.3 is 4.74 Å². The Hall–Kier alpha value is -0.0400. The Labute approximate surface area is 51.0 Å². The molecule has 8 heavy (non-hydrogen) atoms. The smallest absolute Gasteiger partial charge is 0.0577 e. The van der Waals surface area contributed by atoms with E-state index in [2.05, 4.69) is 20.8 Å². The molecule has 3 atom stereocenters. The first-order chi connectivity index (χ1) is 3.70. The van der Waals surface area contributed by atoms with Gasteiger partial charge in [0.25, 0.3) is 0 Å². The predicted octanol–water partition coefficient (Wildman–Crippen LogP) is 1.82. The molecule has 1 heterocycles. The second kappa shape index (κ2) is 2.06. The normalized spacial score (nSPS) is 47.6. The summed E-state index contributed by atoms with van der Waals surface area (Å²) in [6, 6.07) is 0. The van der Waals surface area contributed by atoms with E-state index in [1.807, 2.05) is 0 Å². The molecule has 1 fully saturated rings. The van der Waals surface area contributed by atoms with Crippen LogP contribution < -0.4 is 0 Å². The zero-order valence-electron chi connectivity index (χ0n) is 5.85. The van der Waals surface area contributed by atoms with Crippen molar-refractivity contribution in [2.45, 2.75) is 39.4 Å². The third kappa shape index (κ3) is 1.03. The summed E-state index contributed by atoms with van der Waals surface area (Å²) in [6.45, 7) is 6.53. The van der Waals surface area contributed by atoms with Crippen LogP contribution in [0.2, 0.25) is 0 Å². The topological polar surface area (TPSA) is 9.23 Å². The lowest BCUT2D eigenvalue weighted by molar-refractivity contribution is 0.0580. The first-order valence-electron chi connectivity index (χ1n) is 3.35. The van der Waals surface area contributed by atoms with Crippen LogP contribution in [0.1, 0.15) is 27.2 Å². The Morgan fingerprint density at radius 1 is 1.25 bits per heavy atom. The first-order valence-corrected chi connectivity index (χ1v) is 3.35. The lowest BCUT2D eigenvalue weighted by Crippen LogP contribution is -2.06. The lowest BCUT2D eigenvalue weighted by atomic mass is 10.0. The number of rotatable bonds is 0. The number of hydrogen-bond acceptors (Lipinski definition) is 1. The van der Waals surface area contributed by atoms with Crippen molar-refractivity contribution in [1.29, 1.82) is 0 Å². The summed E-state index contributed by atoms with van der Waals surface area (Å²) < 4.78 is 5.47. The summed E-state index contributed by atoms with van der Waals surface area (Å²) in [5.41, 5.74) is 0. The van der Waals surface area contributed by atoms with Gasteiger partial charge in [0, 0.05) is 0 Å². The van der Waals surface area contributed by atoms with E-state index >= 15 is 0 Å². The van der Waals surface area contributed by atoms with Crippen molar-refractivity contribution in [3.8, 4) is 0 Å². The molecule has 1 aliphatic heterocycles. The average molecular weight is 114 g/mol. The van der Waals surface area contributed by atoms with Gasteiger partial charge in [-0.1, -0.05) is 6.92 Å². The molecular formula is C7H14O. The van der Waals surface area contributed by atoms with Crippen molar-refractivity contribution >= 4 is 0 Å². The molecule has 1 saturated heterocycles. The molecule has 48 valence electrons. The van der Waals surface area contributed by atoms with Gasteiger partial charge in [0.2, 0.25) is 0 Å². The van der Waals surface area contributed by atoms with Crippen LogP contribution >= 0.6 is 0 Å². The molecule has 0 aromatic heterocycles. The molecule has 0 aromatic rings. The largest absolute Gasteiger partial charge is 0.375 e. The maximum atomic E-state index is 5.47. The van der Waals surface area contributed by atoms with Crippen molar-refractivity contribution in [3.63, 3.8) is 0 Å². The van der Waals surface area contributed by atoms with Gasteiger partial charge in [0.15, 0.2) is 0 Å². The van der Waals surface area contributed by atoms with Crippen LogP contribution in [-0.4, -0.2) is 12.2 Å². The van der Waals surface area contributed by atoms with E-state index in [4.69, 9.17) is 4.74 Å². The Kier molecular flexibility index (Phi) is 1.57. The van der Waals surface area contributed by atoms with Crippen LogP contribution in [0.25, 0.3) is 0 Å². The molecule has 0 amide bonds. The van der Waals surface area contributed by atoms with E-state index in [1.54, 1.807) is 0 Å². The second-order valence-electron chi connectivity index (χ2n) is 2.86. The van der Waals surface area contributed by atoms with Crippen molar-refractivity contribution in [2.24, 2.45) is 5.92 Å². The van der Waals surface area contributed by atoms with Crippen LogP contribution in [0, 0.1) is 5.92 Å². The SMILES string of the molecule is CC1C[C@H](C)C(C)O1. The van der Waals surface area contributed by atoms with E-state index in [9.17, 15) is 0 Å². The third-order valence-corrected chi connectivity index (χ3v) is 1.95. The molecule has 0 spiro atoms. The average Bonchev–Trinajstić information content (AvgIpc) is 1.85. The summed E-state index contributed by atoms with van der Waals surface area (Å²) in [5.74, 6) is 0.769. The highest BCUT2D eigenvalue weighted by Crippen LogP contribution is 2.24. The van der Waals surface area contributed by atoms with E-state index < -0.39 is 0 Å². The standard InChI is InChI=1S/C7H14O/c1-5-4-6(2)8-7(5)3/h5-7H,4H2,1-3H3/t5-,6?,7?/m0/s1. The fourth-order valence-corrected chi connectivity index (χ4v) is 1.27. The molecular weight excluding hydrogens is 100 g/mol. The van der Waals surface area contributed by atoms with Gasteiger partial charge in [-0.2, -0.15) is 0 Å². The third-order valence-electron chi connectivity index (χ3n) is 1.95.